The molecule has 0 unspecified atom stereocenters. The fourth-order valence-corrected chi connectivity index (χ4v) is 1.75. The molecule has 0 bridgehead atoms. The van der Waals surface area contributed by atoms with Gasteiger partial charge in [0.15, 0.2) is 0 Å². The number of methoxy groups -OCH3 is 1. The van der Waals surface area contributed by atoms with E-state index in [1.807, 2.05) is 13.8 Å². The molecule has 0 saturated carbocycles. The first kappa shape index (κ1) is 15.7. The van der Waals surface area contributed by atoms with E-state index in [0.717, 1.165) is 0 Å². The van der Waals surface area contributed by atoms with E-state index in [1.165, 1.54) is 19.5 Å². The number of pyridine rings is 1. The summed E-state index contributed by atoms with van der Waals surface area (Å²) in [5.41, 5.74) is 5.88. The normalized spacial score (nSPS) is 11.5. The van der Waals surface area contributed by atoms with E-state index >= 15 is 0 Å². The Labute approximate surface area is 118 Å². The van der Waals surface area contributed by atoms with Crippen molar-refractivity contribution in [3.63, 3.8) is 0 Å². The Bertz CT molecular complexity index is 488. The molecule has 0 radical (unpaired) electrons. The maximum Gasteiger partial charge on any atom is 0.257 e. The quantitative estimate of drug-likeness (QED) is 0.351. The molecule has 7 heteroatoms. The fourth-order valence-electron chi connectivity index (χ4n) is 1.75. The molecule has 110 valence electrons. The van der Waals surface area contributed by atoms with Gasteiger partial charge in [-0.25, -0.2) is 0 Å². The lowest BCUT2D eigenvalue weighted by Gasteiger charge is -2.27. The predicted octanol–water partition coefficient (Wildman–Crippen LogP) is 1.08. The van der Waals surface area contributed by atoms with E-state index in [-0.39, 0.29) is 17.8 Å². The summed E-state index contributed by atoms with van der Waals surface area (Å²) in [6, 6.07) is 1.59. The summed E-state index contributed by atoms with van der Waals surface area (Å²) in [5, 5.41) is 11.5. The van der Waals surface area contributed by atoms with Gasteiger partial charge in [0.2, 0.25) is 0 Å². The largest absolute Gasteiger partial charge is 0.494 e. The van der Waals surface area contributed by atoms with Crippen molar-refractivity contribution in [1.82, 2.24) is 9.88 Å². The van der Waals surface area contributed by atoms with E-state index in [2.05, 4.69) is 10.1 Å². The molecule has 20 heavy (non-hydrogen) atoms. The lowest BCUT2D eigenvalue weighted by molar-refractivity contribution is 0.0707. The van der Waals surface area contributed by atoms with Crippen LogP contribution in [-0.4, -0.2) is 46.5 Å². The number of nitrogens with zero attached hydrogens (tertiary/aromatic N) is 3. The highest BCUT2D eigenvalue weighted by molar-refractivity contribution is 5.97. The minimum Gasteiger partial charge on any atom is -0.494 e. The first-order valence-corrected chi connectivity index (χ1v) is 6.26. The van der Waals surface area contributed by atoms with Gasteiger partial charge in [0.1, 0.15) is 11.6 Å². The topological polar surface area (TPSA) is 101 Å². The van der Waals surface area contributed by atoms with Crippen LogP contribution in [0.2, 0.25) is 0 Å². The number of oxime groups is 1. The highest BCUT2D eigenvalue weighted by atomic mass is 16.5. The molecule has 1 aromatic rings. The molecule has 3 N–H and O–H groups in total. The molecule has 1 heterocycles. The van der Waals surface area contributed by atoms with Gasteiger partial charge in [0.05, 0.1) is 18.9 Å². The van der Waals surface area contributed by atoms with Crippen LogP contribution in [0, 0.1) is 0 Å². The third kappa shape index (κ3) is 3.84. The summed E-state index contributed by atoms with van der Waals surface area (Å²) >= 11 is 0. The van der Waals surface area contributed by atoms with Crippen LogP contribution in [0.15, 0.2) is 23.6 Å². The first-order chi connectivity index (χ1) is 9.51. The van der Waals surface area contributed by atoms with Crippen molar-refractivity contribution < 1.29 is 14.7 Å². The van der Waals surface area contributed by atoms with E-state index in [9.17, 15) is 4.79 Å². The lowest BCUT2D eigenvalue weighted by Crippen LogP contribution is -2.39. The molecule has 0 saturated heterocycles. The summed E-state index contributed by atoms with van der Waals surface area (Å²) < 4.78 is 5.14. The lowest BCUT2D eigenvalue weighted by atomic mass is 10.1. The Morgan fingerprint density at radius 2 is 2.30 bits per heavy atom. The molecule has 0 aromatic carbocycles. The minimum atomic E-state index is -0.176. The zero-order chi connectivity index (χ0) is 15.1. The number of hydrogen-bond acceptors (Lipinski definition) is 5. The van der Waals surface area contributed by atoms with Crippen molar-refractivity contribution in [3.05, 3.63) is 24.0 Å². The van der Waals surface area contributed by atoms with Crippen LogP contribution in [0.5, 0.6) is 5.75 Å². The molecular weight excluding hydrogens is 260 g/mol. The first-order valence-electron chi connectivity index (χ1n) is 6.26. The number of carbonyl (C=O) groups excluding carboxylic acids is 1. The average Bonchev–Trinajstić information content (AvgIpc) is 2.46. The molecule has 0 aliphatic carbocycles. The number of carbonyl (C=O) groups is 1. The zero-order valence-corrected chi connectivity index (χ0v) is 11.9. The molecular formula is C13H20N4O3. The minimum absolute atomic E-state index is 0.0214. The molecule has 0 aliphatic heterocycles. The Hall–Kier alpha value is -2.31. The van der Waals surface area contributed by atoms with Crippen LogP contribution in [0.1, 0.15) is 30.6 Å². The van der Waals surface area contributed by atoms with Gasteiger partial charge in [-0.15, -0.1) is 0 Å². The fraction of sp³-hybridized carbons (Fsp3) is 0.462. The second-order valence-electron chi connectivity index (χ2n) is 4.51. The molecule has 0 atom stereocenters. The van der Waals surface area contributed by atoms with Gasteiger partial charge in [-0.3, -0.25) is 9.78 Å². The van der Waals surface area contributed by atoms with E-state index in [1.54, 1.807) is 11.0 Å². The maximum absolute atomic E-state index is 12.5. The summed E-state index contributed by atoms with van der Waals surface area (Å²) in [6.07, 6.45) is 3.33. The smallest absolute Gasteiger partial charge is 0.257 e. The predicted molar refractivity (Wildman–Crippen MR) is 75.0 cm³/mol. The summed E-state index contributed by atoms with van der Waals surface area (Å²) in [7, 11) is 1.49. The monoisotopic (exact) mass is 280 g/mol. The Balaban J connectivity index is 2.94. The molecule has 0 aliphatic rings. The van der Waals surface area contributed by atoms with E-state index in [4.69, 9.17) is 15.7 Å². The number of rotatable bonds is 6. The summed E-state index contributed by atoms with van der Waals surface area (Å²) in [6.45, 7) is 4.16. The highest BCUT2D eigenvalue weighted by Gasteiger charge is 2.22. The van der Waals surface area contributed by atoms with Crippen LogP contribution in [0.3, 0.4) is 0 Å². The van der Waals surface area contributed by atoms with Gasteiger partial charge in [-0.2, -0.15) is 0 Å². The average molecular weight is 280 g/mol. The van der Waals surface area contributed by atoms with Gasteiger partial charge in [0, 0.05) is 25.2 Å². The van der Waals surface area contributed by atoms with Gasteiger partial charge < -0.3 is 20.6 Å². The number of nitrogens with two attached hydrogens (primary N) is 1. The molecule has 1 amide bonds. The Morgan fingerprint density at radius 1 is 1.60 bits per heavy atom. The van der Waals surface area contributed by atoms with Crippen molar-refractivity contribution in [2.75, 3.05) is 13.7 Å². The van der Waals surface area contributed by atoms with Crippen molar-refractivity contribution in [3.8, 4) is 5.75 Å². The van der Waals surface area contributed by atoms with Crippen LogP contribution in [0.25, 0.3) is 0 Å². The van der Waals surface area contributed by atoms with Crippen molar-refractivity contribution in [2.24, 2.45) is 10.9 Å². The second-order valence-corrected chi connectivity index (χ2v) is 4.51. The van der Waals surface area contributed by atoms with Crippen molar-refractivity contribution in [2.45, 2.75) is 26.3 Å². The van der Waals surface area contributed by atoms with Crippen molar-refractivity contribution >= 4 is 11.7 Å². The maximum atomic E-state index is 12.5. The Kier molecular flexibility index (Phi) is 5.76. The second kappa shape index (κ2) is 7.32. The molecule has 7 nitrogen and oxygen atoms in total. The van der Waals surface area contributed by atoms with Gasteiger partial charge >= 0.3 is 0 Å². The summed E-state index contributed by atoms with van der Waals surface area (Å²) in [4.78, 5) is 18.1. The number of amidine groups is 1. The molecule has 1 aromatic heterocycles. The van der Waals surface area contributed by atoms with Crippen LogP contribution in [-0.2, 0) is 0 Å². The van der Waals surface area contributed by atoms with Crippen molar-refractivity contribution in [1.29, 1.82) is 0 Å². The van der Waals surface area contributed by atoms with Crippen LogP contribution < -0.4 is 10.5 Å². The summed E-state index contributed by atoms with van der Waals surface area (Å²) in [5.74, 6) is 0.335. The van der Waals surface area contributed by atoms with Crippen LogP contribution >= 0.6 is 0 Å². The highest BCUT2D eigenvalue weighted by Crippen LogP contribution is 2.19. The molecule has 0 fully saturated rings. The SMILES string of the molecule is COc1cnccc1C(=O)N(CC/C(N)=N/O)C(C)C. The standard InChI is InChI=1S/C13H20N4O3/c1-9(2)17(7-5-12(14)16-19)13(18)10-4-6-15-8-11(10)20-3/h4,6,8-9,19H,5,7H2,1-3H3,(H2,14,16). The van der Waals surface area contributed by atoms with E-state index in [0.29, 0.717) is 24.3 Å². The van der Waals surface area contributed by atoms with Gasteiger partial charge in [-0.05, 0) is 19.9 Å². The third-order valence-corrected chi connectivity index (χ3v) is 2.86. The molecule has 0 spiro atoms. The third-order valence-electron chi connectivity index (χ3n) is 2.86. The number of ether oxygens (including phenoxy) is 1. The number of hydrogen-bond donors (Lipinski definition) is 2. The number of amides is 1. The molecule has 1 rings (SSSR count). The van der Waals surface area contributed by atoms with E-state index < -0.39 is 0 Å². The Morgan fingerprint density at radius 3 is 2.85 bits per heavy atom. The zero-order valence-electron chi connectivity index (χ0n) is 11.9. The van der Waals surface area contributed by atoms with Gasteiger partial charge in [0.25, 0.3) is 5.91 Å². The number of aromatic nitrogens is 1. The van der Waals surface area contributed by atoms with Crippen LogP contribution in [0.4, 0.5) is 0 Å². The van der Waals surface area contributed by atoms with Gasteiger partial charge in [-0.1, -0.05) is 5.16 Å².